The standard InChI is InChI=1S/C10H6INS/c1-6-5-13-8-3-2-7(4-12)10(11)9(6)8/h2-3,5H,1H3. The Hall–Kier alpha value is -0.600. The van der Waals surface area contributed by atoms with Gasteiger partial charge in [-0.05, 0) is 52.6 Å². The summed E-state index contributed by atoms with van der Waals surface area (Å²) in [5.74, 6) is 0. The minimum absolute atomic E-state index is 0.773. The Kier molecular flexibility index (Phi) is 2.26. The Bertz CT molecular complexity index is 507. The molecule has 0 amide bonds. The lowest BCUT2D eigenvalue weighted by atomic mass is 10.1. The molecule has 1 nitrogen and oxygen atoms in total. The third-order valence-electron chi connectivity index (χ3n) is 1.98. The van der Waals surface area contributed by atoms with E-state index in [1.54, 1.807) is 11.3 Å². The molecule has 0 aliphatic heterocycles. The van der Waals surface area contributed by atoms with Crippen molar-refractivity contribution in [3.63, 3.8) is 0 Å². The number of benzene rings is 1. The van der Waals surface area contributed by atoms with E-state index < -0.39 is 0 Å². The summed E-state index contributed by atoms with van der Waals surface area (Å²) in [6.07, 6.45) is 0. The van der Waals surface area contributed by atoms with Gasteiger partial charge in [-0.1, -0.05) is 0 Å². The highest BCUT2D eigenvalue weighted by Gasteiger charge is 2.07. The molecule has 0 aliphatic rings. The quantitative estimate of drug-likeness (QED) is 0.681. The number of aryl methyl sites for hydroxylation is 1. The van der Waals surface area contributed by atoms with E-state index in [-0.39, 0.29) is 0 Å². The topological polar surface area (TPSA) is 23.8 Å². The molecule has 0 saturated carbocycles. The van der Waals surface area contributed by atoms with Crippen molar-refractivity contribution in [2.24, 2.45) is 0 Å². The summed E-state index contributed by atoms with van der Waals surface area (Å²) in [6, 6.07) is 6.11. The van der Waals surface area contributed by atoms with E-state index in [4.69, 9.17) is 5.26 Å². The van der Waals surface area contributed by atoms with Gasteiger partial charge in [-0.2, -0.15) is 5.26 Å². The van der Waals surface area contributed by atoms with Gasteiger partial charge in [0.1, 0.15) is 6.07 Å². The molecule has 0 unspecified atom stereocenters. The highest BCUT2D eigenvalue weighted by Crippen LogP contribution is 2.31. The highest BCUT2D eigenvalue weighted by atomic mass is 127. The lowest BCUT2D eigenvalue weighted by Crippen LogP contribution is -1.82. The summed E-state index contributed by atoms with van der Waals surface area (Å²) in [6.45, 7) is 2.09. The van der Waals surface area contributed by atoms with Crippen molar-refractivity contribution in [1.82, 2.24) is 0 Å². The number of halogens is 1. The first-order valence-corrected chi connectivity index (χ1v) is 5.76. The number of hydrogen-bond donors (Lipinski definition) is 0. The molecule has 0 N–H and O–H groups in total. The number of nitrogens with zero attached hydrogens (tertiary/aromatic N) is 1. The maximum absolute atomic E-state index is 8.85. The zero-order valence-corrected chi connectivity index (χ0v) is 9.94. The van der Waals surface area contributed by atoms with Gasteiger partial charge in [0.15, 0.2) is 0 Å². The van der Waals surface area contributed by atoms with Crippen LogP contribution in [0.15, 0.2) is 17.5 Å². The second-order valence-electron chi connectivity index (χ2n) is 2.83. The Morgan fingerprint density at radius 1 is 1.46 bits per heavy atom. The molecule has 1 heterocycles. The summed E-state index contributed by atoms with van der Waals surface area (Å²) >= 11 is 3.98. The van der Waals surface area contributed by atoms with E-state index in [9.17, 15) is 0 Å². The molecule has 0 spiro atoms. The van der Waals surface area contributed by atoms with Gasteiger partial charge in [-0.25, -0.2) is 0 Å². The van der Waals surface area contributed by atoms with Crippen molar-refractivity contribution in [2.75, 3.05) is 0 Å². The number of thiophene rings is 1. The molecule has 2 rings (SSSR count). The van der Waals surface area contributed by atoms with Crippen molar-refractivity contribution in [2.45, 2.75) is 6.92 Å². The van der Waals surface area contributed by atoms with Crippen LogP contribution < -0.4 is 0 Å². The normalized spacial score (nSPS) is 10.2. The molecule has 0 radical (unpaired) electrons. The van der Waals surface area contributed by atoms with Gasteiger partial charge in [-0.15, -0.1) is 11.3 Å². The van der Waals surface area contributed by atoms with Gasteiger partial charge in [0, 0.05) is 13.7 Å². The van der Waals surface area contributed by atoms with Crippen molar-refractivity contribution in [3.8, 4) is 6.07 Å². The first kappa shape index (κ1) is 8.97. The molecule has 3 heteroatoms. The van der Waals surface area contributed by atoms with Gasteiger partial charge in [-0.3, -0.25) is 0 Å². The highest BCUT2D eigenvalue weighted by molar-refractivity contribution is 14.1. The van der Waals surface area contributed by atoms with Crippen LogP contribution in [0.5, 0.6) is 0 Å². The fourth-order valence-electron chi connectivity index (χ4n) is 1.32. The molecule has 0 bridgehead atoms. The van der Waals surface area contributed by atoms with E-state index in [1.807, 2.05) is 12.1 Å². The minimum atomic E-state index is 0.773. The second-order valence-corrected chi connectivity index (χ2v) is 4.82. The molecule has 0 atom stereocenters. The lowest BCUT2D eigenvalue weighted by Gasteiger charge is -1.98. The van der Waals surface area contributed by atoms with Crippen LogP contribution in [0.4, 0.5) is 0 Å². The van der Waals surface area contributed by atoms with Gasteiger partial charge in [0.25, 0.3) is 0 Å². The van der Waals surface area contributed by atoms with Crippen molar-refractivity contribution in [3.05, 3.63) is 32.2 Å². The van der Waals surface area contributed by atoms with Crippen LogP contribution in [-0.2, 0) is 0 Å². The van der Waals surface area contributed by atoms with Crippen LogP contribution in [0, 0.1) is 21.8 Å². The van der Waals surface area contributed by atoms with Crippen LogP contribution >= 0.6 is 33.9 Å². The average molecular weight is 299 g/mol. The monoisotopic (exact) mass is 299 g/mol. The summed E-state index contributed by atoms with van der Waals surface area (Å²) in [4.78, 5) is 0. The Labute approximate surface area is 94.1 Å². The first-order chi connectivity index (χ1) is 6.24. The van der Waals surface area contributed by atoms with Gasteiger partial charge in [0.05, 0.1) is 5.56 Å². The van der Waals surface area contributed by atoms with Gasteiger partial charge in [0.2, 0.25) is 0 Å². The average Bonchev–Trinajstić information content (AvgIpc) is 2.49. The second kappa shape index (κ2) is 3.28. The first-order valence-electron chi connectivity index (χ1n) is 3.80. The smallest absolute Gasteiger partial charge is 0.100 e. The molecular formula is C10H6INS. The van der Waals surface area contributed by atoms with E-state index in [0.29, 0.717) is 0 Å². The summed E-state index contributed by atoms with van der Waals surface area (Å²) in [5, 5.41) is 12.2. The predicted molar refractivity (Wildman–Crippen MR) is 64.0 cm³/mol. The fourth-order valence-corrected chi connectivity index (χ4v) is 3.47. The van der Waals surface area contributed by atoms with Crippen LogP contribution in [-0.4, -0.2) is 0 Å². The fraction of sp³-hybridized carbons (Fsp3) is 0.100. The zero-order valence-electron chi connectivity index (χ0n) is 6.97. The van der Waals surface area contributed by atoms with Crippen molar-refractivity contribution in [1.29, 1.82) is 5.26 Å². The van der Waals surface area contributed by atoms with E-state index in [1.165, 1.54) is 15.6 Å². The van der Waals surface area contributed by atoms with Crippen LogP contribution in [0.2, 0.25) is 0 Å². The third kappa shape index (κ3) is 1.34. The number of nitriles is 1. The summed E-state index contributed by atoms with van der Waals surface area (Å²) in [7, 11) is 0. The molecule has 0 saturated heterocycles. The molecule has 1 aromatic heterocycles. The van der Waals surface area contributed by atoms with E-state index in [2.05, 4.69) is 41.0 Å². The number of hydrogen-bond acceptors (Lipinski definition) is 2. The molecule has 64 valence electrons. The largest absolute Gasteiger partial charge is 0.192 e. The maximum atomic E-state index is 8.85. The third-order valence-corrected chi connectivity index (χ3v) is 4.17. The predicted octanol–water partition coefficient (Wildman–Crippen LogP) is 3.69. The van der Waals surface area contributed by atoms with E-state index >= 15 is 0 Å². The SMILES string of the molecule is Cc1csc2ccc(C#N)c(I)c12. The molecule has 0 fully saturated rings. The maximum Gasteiger partial charge on any atom is 0.100 e. The van der Waals surface area contributed by atoms with E-state index in [0.717, 1.165) is 9.13 Å². The molecule has 0 aliphatic carbocycles. The zero-order chi connectivity index (χ0) is 9.42. The molecule has 2 aromatic rings. The molecule has 1 aromatic carbocycles. The van der Waals surface area contributed by atoms with Gasteiger partial charge >= 0.3 is 0 Å². The Morgan fingerprint density at radius 2 is 2.23 bits per heavy atom. The molecular weight excluding hydrogens is 293 g/mol. The summed E-state index contributed by atoms with van der Waals surface area (Å²) < 4.78 is 2.34. The molecule has 13 heavy (non-hydrogen) atoms. The van der Waals surface area contributed by atoms with Gasteiger partial charge < -0.3 is 0 Å². The van der Waals surface area contributed by atoms with Crippen LogP contribution in [0.25, 0.3) is 10.1 Å². The minimum Gasteiger partial charge on any atom is -0.192 e. The van der Waals surface area contributed by atoms with Crippen molar-refractivity contribution < 1.29 is 0 Å². The Balaban J connectivity index is 2.93. The number of rotatable bonds is 0. The summed E-state index contributed by atoms with van der Waals surface area (Å²) in [5.41, 5.74) is 2.04. The van der Waals surface area contributed by atoms with Crippen molar-refractivity contribution >= 4 is 44.0 Å². The van der Waals surface area contributed by atoms with Crippen LogP contribution in [0.1, 0.15) is 11.1 Å². The van der Waals surface area contributed by atoms with Crippen LogP contribution in [0.3, 0.4) is 0 Å². The Morgan fingerprint density at radius 3 is 2.92 bits per heavy atom. The lowest BCUT2D eigenvalue weighted by molar-refractivity contribution is 1.48. The number of fused-ring (bicyclic) bond motifs is 1.